The summed E-state index contributed by atoms with van der Waals surface area (Å²) >= 11 is 0. The molecule has 2 atom stereocenters. The number of aromatic nitrogens is 1. The van der Waals surface area contributed by atoms with Gasteiger partial charge in [0.25, 0.3) is 5.91 Å². The van der Waals surface area contributed by atoms with Crippen molar-refractivity contribution in [2.75, 3.05) is 6.54 Å². The van der Waals surface area contributed by atoms with Crippen LogP contribution in [0.4, 0.5) is 0 Å². The molecule has 41 heavy (non-hydrogen) atoms. The van der Waals surface area contributed by atoms with Crippen LogP contribution in [0.15, 0.2) is 91.1 Å². The first kappa shape index (κ1) is 29.8. The smallest absolute Gasteiger partial charge is 0.251 e. The fourth-order valence-corrected chi connectivity index (χ4v) is 4.72. The molecule has 9 heteroatoms. The molecule has 9 nitrogen and oxygen atoms in total. The number of pyridine rings is 1. The Hall–Kier alpha value is -4.15. The Kier molecular flexibility index (Phi) is 10.9. The van der Waals surface area contributed by atoms with Gasteiger partial charge in [-0.05, 0) is 72.5 Å². The maximum atomic E-state index is 13.4. The number of fused-ring (bicyclic) bond motifs is 1. The lowest BCUT2D eigenvalue weighted by molar-refractivity contribution is -0.123. The molecule has 8 N–H and O–H groups in total. The topological polar surface area (TPSA) is 147 Å². The van der Waals surface area contributed by atoms with E-state index in [1.54, 1.807) is 18.3 Å². The summed E-state index contributed by atoms with van der Waals surface area (Å²) in [7, 11) is 0. The van der Waals surface area contributed by atoms with Crippen molar-refractivity contribution in [2.45, 2.75) is 51.2 Å². The van der Waals surface area contributed by atoms with Crippen molar-refractivity contribution in [1.29, 1.82) is 0 Å². The van der Waals surface area contributed by atoms with Crippen LogP contribution in [0, 0.1) is 0 Å². The summed E-state index contributed by atoms with van der Waals surface area (Å²) in [4.78, 5) is 30.9. The molecule has 0 spiro atoms. The molecule has 1 heterocycles. The van der Waals surface area contributed by atoms with Crippen molar-refractivity contribution in [1.82, 2.24) is 26.3 Å². The summed E-state index contributed by atoms with van der Waals surface area (Å²) in [5.74, 6) is -0.550. The van der Waals surface area contributed by atoms with Crippen LogP contribution in [0.2, 0.25) is 0 Å². The summed E-state index contributed by atoms with van der Waals surface area (Å²) in [6.07, 6.45) is 2.16. The quantitative estimate of drug-likeness (QED) is 0.104. The molecule has 214 valence electrons. The van der Waals surface area contributed by atoms with Gasteiger partial charge in [0.2, 0.25) is 5.91 Å². The van der Waals surface area contributed by atoms with Gasteiger partial charge in [-0.3, -0.25) is 19.9 Å². The highest BCUT2D eigenvalue weighted by Gasteiger charge is 2.23. The SMILES string of the molecule is C[C@H](NC(=O)[C@H](CCCNC(N)N)NC(=O)c1ccc(CNCc2ccccn2)cc1)c1cccc2ccccc12. The van der Waals surface area contributed by atoms with Gasteiger partial charge in [0, 0.05) is 24.8 Å². The first-order valence-corrected chi connectivity index (χ1v) is 13.9. The van der Waals surface area contributed by atoms with Crippen LogP contribution in [0.1, 0.15) is 53.0 Å². The average molecular weight is 554 g/mol. The number of nitrogens with zero attached hydrogens (tertiary/aromatic N) is 1. The summed E-state index contributed by atoms with van der Waals surface area (Å²) in [6, 6.07) is 26.3. The number of rotatable bonds is 14. The van der Waals surface area contributed by atoms with E-state index >= 15 is 0 Å². The highest BCUT2D eigenvalue weighted by Crippen LogP contribution is 2.24. The fraction of sp³-hybridized carbons (Fsp3) is 0.281. The van der Waals surface area contributed by atoms with Crippen molar-refractivity contribution in [3.63, 3.8) is 0 Å². The van der Waals surface area contributed by atoms with Gasteiger partial charge in [-0.1, -0.05) is 60.7 Å². The molecule has 2 amide bonds. The fourth-order valence-electron chi connectivity index (χ4n) is 4.72. The predicted octanol–water partition coefficient (Wildman–Crippen LogP) is 3.07. The second-order valence-corrected chi connectivity index (χ2v) is 10.1. The number of hydrogen-bond acceptors (Lipinski definition) is 7. The van der Waals surface area contributed by atoms with Crippen LogP contribution in [0.3, 0.4) is 0 Å². The lowest BCUT2D eigenvalue weighted by Gasteiger charge is -2.23. The molecule has 0 bridgehead atoms. The number of nitrogens with one attached hydrogen (secondary N) is 4. The standard InChI is InChI=1S/C32H39N7O2/c1-22(27-12-6-9-24-8-2-3-11-28(24)27)38-31(41)29(13-7-19-37-32(33)34)39-30(40)25-16-14-23(15-17-25)20-35-21-26-10-4-5-18-36-26/h2-6,8-12,14-18,22,29,32,35,37H,7,13,19-21,33-34H2,1H3,(H,38,41)(H,39,40)/t22-,29-/m0/s1. The van der Waals surface area contributed by atoms with Crippen LogP contribution in [-0.4, -0.2) is 35.7 Å². The number of carbonyl (C=O) groups excluding carboxylic acids is 2. The van der Waals surface area contributed by atoms with Gasteiger partial charge in [0.1, 0.15) is 12.3 Å². The Morgan fingerprint density at radius 3 is 2.37 bits per heavy atom. The lowest BCUT2D eigenvalue weighted by atomic mass is 9.99. The predicted molar refractivity (Wildman–Crippen MR) is 162 cm³/mol. The van der Waals surface area contributed by atoms with E-state index in [9.17, 15) is 9.59 Å². The van der Waals surface area contributed by atoms with Crippen LogP contribution in [0.5, 0.6) is 0 Å². The van der Waals surface area contributed by atoms with Crippen molar-refractivity contribution in [3.8, 4) is 0 Å². The van der Waals surface area contributed by atoms with Crippen LogP contribution < -0.4 is 32.7 Å². The van der Waals surface area contributed by atoms with Crippen molar-refractivity contribution in [3.05, 3.63) is 114 Å². The number of benzene rings is 3. The number of hydrogen-bond donors (Lipinski definition) is 6. The van der Waals surface area contributed by atoms with E-state index in [0.717, 1.165) is 27.6 Å². The molecule has 4 aromatic rings. The van der Waals surface area contributed by atoms with Gasteiger partial charge < -0.3 is 27.4 Å². The molecule has 0 aliphatic rings. The normalized spacial score (nSPS) is 12.7. The third-order valence-electron chi connectivity index (χ3n) is 6.90. The summed E-state index contributed by atoms with van der Waals surface area (Å²) in [5.41, 5.74) is 14.7. The monoisotopic (exact) mass is 553 g/mol. The molecular formula is C32H39N7O2. The minimum Gasteiger partial charge on any atom is -0.348 e. The number of carbonyl (C=O) groups is 2. The Bertz CT molecular complexity index is 1410. The Morgan fingerprint density at radius 1 is 0.854 bits per heavy atom. The maximum Gasteiger partial charge on any atom is 0.251 e. The summed E-state index contributed by atoms with van der Waals surface area (Å²) in [6.45, 7) is 3.78. The molecule has 0 fully saturated rings. The molecule has 3 aromatic carbocycles. The molecule has 0 aliphatic heterocycles. The molecular weight excluding hydrogens is 514 g/mol. The van der Waals surface area contributed by atoms with Crippen LogP contribution in [-0.2, 0) is 17.9 Å². The highest BCUT2D eigenvalue weighted by atomic mass is 16.2. The van der Waals surface area contributed by atoms with E-state index in [0.29, 0.717) is 38.0 Å². The Labute approximate surface area is 241 Å². The Balaban J connectivity index is 1.38. The maximum absolute atomic E-state index is 13.4. The summed E-state index contributed by atoms with van der Waals surface area (Å²) < 4.78 is 0. The highest BCUT2D eigenvalue weighted by molar-refractivity contribution is 5.97. The molecule has 0 saturated heterocycles. The second-order valence-electron chi connectivity index (χ2n) is 10.1. The largest absolute Gasteiger partial charge is 0.348 e. The van der Waals surface area contributed by atoms with Gasteiger partial charge in [-0.15, -0.1) is 0 Å². The number of amides is 2. The molecule has 0 unspecified atom stereocenters. The van der Waals surface area contributed by atoms with E-state index in [1.807, 2.05) is 79.7 Å². The van der Waals surface area contributed by atoms with Crippen molar-refractivity contribution >= 4 is 22.6 Å². The van der Waals surface area contributed by atoms with Crippen molar-refractivity contribution < 1.29 is 9.59 Å². The van der Waals surface area contributed by atoms with Gasteiger partial charge in [-0.2, -0.15) is 0 Å². The van der Waals surface area contributed by atoms with E-state index < -0.39 is 12.3 Å². The third-order valence-corrected chi connectivity index (χ3v) is 6.90. The van der Waals surface area contributed by atoms with Gasteiger partial charge in [-0.25, -0.2) is 0 Å². The van der Waals surface area contributed by atoms with Gasteiger partial charge in [0.15, 0.2) is 0 Å². The van der Waals surface area contributed by atoms with Crippen LogP contribution >= 0.6 is 0 Å². The van der Waals surface area contributed by atoms with Crippen molar-refractivity contribution in [2.24, 2.45) is 11.5 Å². The first-order chi connectivity index (χ1) is 19.9. The molecule has 4 rings (SSSR count). The minimum atomic E-state index is -0.726. The third kappa shape index (κ3) is 8.92. The van der Waals surface area contributed by atoms with E-state index in [1.165, 1.54) is 0 Å². The molecule has 0 aliphatic carbocycles. The second kappa shape index (κ2) is 15.0. The van der Waals surface area contributed by atoms with E-state index in [-0.39, 0.29) is 17.9 Å². The zero-order chi connectivity index (χ0) is 29.0. The van der Waals surface area contributed by atoms with Gasteiger partial charge >= 0.3 is 0 Å². The summed E-state index contributed by atoms with van der Waals surface area (Å²) in [5, 5.41) is 14.5. The lowest BCUT2D eigenvalue weighted by Crippen LogP contribution is -2.48. The molecule has 0 radical (unpaired) electrons. The first-order valence-electron chi connectivity index (χ1n) is 13.9. The van der Waals surface area contributed by atoms with Gasteiger partial charge in [0.05, 0.1) is 11.7 Å². The zero-order valence-corrected chi connectivity index (χ0v) is 23.3. The minimum absolute atomic E-state index is 0.244. The van der Waals surface area contributed by atoms with E-state index in [2.05, 4.69) is 26.3 Å². The average Bonchev–Trinajstić information content (AvgIpc) is 2.99. The van der Waals surface area contributed by atoms with E-state index in [4.69, 9.17) is 11.5 Å². The van der Waals surface area contributed by atoms with Crippen LogP contribution in [0.25, 0.3) is 10.8 Å². The zero-order valence-electron chi connectivity index (χ0n) is 23.3. The Morgan fingerprint density at radius 2 is 1.61 bits per heavy atom. The number of nitrogens with two attached hydrogens (primary N) is 2. The molecule has 0 saturated carbocycles. The molecule has 1 aromatic heterocycles.